The van der Waals surface area contributed by atoms with Crippen LogP contribution in [0, 0.1) is 5.82 Å². The summed E-state index contributed by atoms with van der Waals surface area (Å²) in [5.41, 5.74) is -4.96. The van der Waals surface area contributed by atoms with E-state index in [2.05, 4.69) is 11.9 Å². The Kier molecular flexibility index (Phi) is 8.72. The first kappa shape index (κ1) is 27.2. The molecule has 0 radical (unpaired) electrons. The number of halogens is 5. The standard InChI is InChI=1S/C20H18ClF4N3O5S/c1-4-16(29)26-5-6-33-18(31)10(2)34-14-8-13(12(22)7-11(14)21)28-17(30)9-15(20(23,24)25)27(3)19(28)32/h4,7-10H,1,5-6H2,2-3H3,(H,26,29). The van der Waals surface area contributed by atoms with Gasteiger partial charge in [-0.1, -0.05) is 18.2 Å². The van der Waals surface area contributed by atoms with Crippen LogP contribution in [0.4, 0.5) is 17.6 Å². The topological polar surface area (TPSA) is 99.4 Å². The number of alkyl halides is 3. The van der Waals surface area contributed by atoms with Crippen LogP contribution < -0.4 is 16.6 Å². The molecule has 0 saturated heterocycles. The van der Waals surface area contributed by atoms with Crippen molar-refractivity contribution in [2.24, 2.45) is 7.05 Å². The van der Waals surface area contributed by atoms with E-state index in [0.29, 0.717) is 0 Å². The molecule has 0 fully saturated rings. The zero-order chi connectivity index (χ0) is 25.8. The summed E-state index contributed by atoms with van der Waals surface area (Å²) in [5, 5.41) is 1.35. The Hall–Kier alpha value is -3.06. The van der Waals surface area contributed by atoms with Crippen LogP contribution in [-0.2, 0) is 27.5 Å². The van der Waals surface area contributed by atoms with E-state index in [-0.39, 0.29) is 38.3 Å². The molecule has 1 amide bonds. The van der Waals surface area contributed by atoms with Gasteiger partial charge >= 0.3 is 17.8 Å². The molecule has 1 heterocycles. The van der Waals surface area contributed by atoms with Crippen LogP contribution in [0.15, 0.2) is 45.3 Å². The number of aromatic nitrogens is 2. The summed E-state index contributed by atoms with van der Waals surface area (Å²) in [5.74, 6) is -2.29. The Labute approximate surface area is 199 Å². The fraction of sp³-hybridized carbons (Fsp3) is 0.300. The Morgan fingerprint density at radius 1 is 1.29 bits per heavy atom. The van der Waals surface area contributed by atoms with Gasteiger partial charge in [0, 0.05) is 18.0 Å². The second-order valence-electron chi connectivity index (χ2n) is 6.70. The number of carbonyl (C=O) groups excluding carboxylic acids is 2. The first-order valence-electron chi connectivity index (χ1n) is 9.41. The van der Waals surface area contributed by atoms with Crippen molar-refractivity contribution in [1.29, 1.82) is 0 Å². The number of ether oxygens (including phenoxy) is 1. The fourth-order valence-electron chi connectivity index (χ4n) is 2.65. The molecule has 1 aromatic carbocycles. The minimum absolute atomic E-state index is 0.0373. The van der Waals surface area contributed by atoms with Crippen LogP contribution in [0.25, 0.3) is 5.69 Å². The van der Waals surface area contributed by atoms with Crippen LogP contribution in [0.3, 0.4) is 0 Å². The predicted octanol–water partition coefficient (Wildman–Crippen LogP) is 2.67. The Balaban J connectivity index is 2.33. The maximum absolute atomic E-state index is 14.6. The average Bonchev–Trinajstić information content (AvgIpc) is 2.75. The number of hydrogen-bond acceptors (Lipinski definition) is 6. The monoisotopic (exact) mass is 523 g/mol. The lowest BCUT2D eigenvalue weighted by molar-refractivity contribution is -0.144. The van der Waals surface area contributed by atoms with Crippen LogP contribution in [0.2, 0.25) is 5.02 Å². The third kappa shape index (κ3) is 6.29. The second kappa shape index (κ2) is 10.9. The molecule has 0 spiro atoms. The zero-order valence-corrected chi connectivity index (χ0v) is 19.3. The molecule has 2 aromatic rings. The summed E-state index contributed by atoms with van der Waals surface area (Å²) in [4.78, 5) is 48.0. The molecular formula is C20H18ClF4N3O5S. The van der Waals surface area contributed by atoms with E-state index in [4.69, 9.17) is 16.3 Å². The summed E-state index contributed by atoms with van der Waals surface area (Å²) < 4.78 is 59.2. The van der Waals surface area contributed by atoms with Gasteiger partial charge in [-0.2, -0.15) is 13.2 Å². The number of carbonyl (C=O) groups is 2. The molecule has 0 aliphatic heterocycles. The number of amides is 1. The molecule has 184 valence electrons. The van der Waals surface area contributed by atoms with Gasteiger partial charge in [0.2, 0.25) is 5.91 Å². The molecule has 34 heavy (non-hydrogen) atoms. The first-order chi connectivity index (χ1) is 15.8. The molecule has 1 unspecified atom stereocenters. The van der Waals surface area contributed by atoms with Crippen molar-refractivity contribution in [2.75, 3.05) is 13.2 Å². The number of hydrogen-bond donors (Lipinski definition) is 1. The van der Waals surface area contributed by atoms with Gasteiger partial charge in [-0.15, -0.1) is 11.8 Å². The number of nitrogens with zero attached hydrogens (tertiary/aromatic N) is 2. The van der Waals surface area contributed by atoms with E-state index in [9.17, 15) is 36.7 Å². The van der Waals surface area contributed by atoms with Crippen LogP contribution in [0.5, 0.6) is 0 Å². The Morgan fingerprint density at radius 2 is 1.94 bits per heavy atom. The van der Waals surface area contributed by atoms with Gasteiger partial charge in [-0.3, -0.25) is 19.0 Å². The summed E-state index contributed by atoms with van der Waals surface area (Å²) >= 11 is 6.83. The number of nitrogens with one attached hydrogen (secondary N) is 1. The molecule has 0 aliphatic rings. The highest BCUT2D eigenvalue weighted by Gasteiger charge is 2.35. The van der Waals surface area contributed by atoms with E-state index in [1.807, 2.05) is 0 Å². The molecule has 14 heteroatoms. The number of benzene rings is 1. The summed E-state index contributed by atoms with van der Waals surface area (Å²) in [7, 11) is 0.792. The number of rotatable bonds is 8. The lowest BCUT2D eigenvalue weighted by atomic mass is 10.3. The molecule has 1 aromatic heterocycles. The highest BCUT2D eigenvalue weighted by atomic mass is 35.5. The lowest BCUT2D eigenvalue weighted by Crippen LogP contribution is -2.41. The largest absolute Gasteiger partial charge is 0.463 e. The van der Waals surface area contributed by atoms with E-state index < -0.39 is 51.8 Å². The van der Waals surface area contributed by atoms with E-state index >= 15 is 0 Å². The van der Waals surface area contributed by atoms with Crippen molar-refractivity contribution >= 4 is 35.2 Å². The quantitative estimate of drug-likeness (QED) is 0.188. The van der Waals surface area contributed by atoms with Crippen molar-refractivity contribution < 1.29 is 31.9 Å². The Morgan fingerprint density at radius 3 is 2.53 bits per heavy atom. The van der Waals surface area contributed by atoms with Crippen LogP contribution >= 0.6 is 23.4 Å². The molecule has 1 N–H and O–H groups in total. The second-order valence-corrected chi connectivity index (χ2v) is 8.49. The first-order valence-corrected chi connectivity index (χ1v) is 10.7. The highest BCUT2D eigenvalue weighted by Crippen LogP contribution is 2.34. The van der Waals surface area contributed by atoms with Crippen LogP contribution in [0.1, 0.15) is 12.6 Å². The van der Waals surface area contributed by atoms with Gasteiger partial charge < -0.3 is 10.1 Å². The maximum atomic E-state index is 14.6. The normalized spacial score (nSPS) is 12.2. The van der Waals surface area contributed by atoms with Gasteiger partial charge in [0.1, 0.15) is 23.4 Å². The van der Waals surface area contributed by atoms with Crippen molar-refractivity contribution in [3.8, 4) is 5.69 Å². The van der Waals surface area contributed by atoms with Crippen molar-refractivity contribution in [3.05, 3.63) is 68.2 Å². The maximum Gasteiger partial charge on any atom is 0.431 e. The molecule has 2 rings (SSSR count). The van der Waals surface area contributed by atoms with Crippen molar-refractivity contribution in [3.63, 3.8) is 0 Å². The third-order valence-corrected chi connectivity index (χ3v) is 5.88. The lowest BCUT2D eigenvalue weighted by Gasteiger charge is -2.16. The van der Waals surface area contributed by atoms with Crippen molar-refractivity contribution in [2.45, 2.75) is 23.2 Å². The average molecular weight is 524 g/mol. The number of esters is 1. The van der Waals surface area contributed by atoms with Gasteiger partial charge in [0.25, 0.3) is 5.56 Å². The van der Waals surface area contributed by atoms with Crippen LogP contribution in [-0.4, -0.2) is 39.4 Å². The minimum atomic E-state index is -4.98. The van der Waals surface area contributed by atoms with Gasteiger partial charge in [-0.05, 0) is 25.1 Å². The van der Waals surface area contributed by atoms with Gasteiger partial charge in [0.05, 0.1) is 17.3 Å². The summed E-state index contributed by atoms with van der Waals surface area (Å²) in [6, 6.07) is 1.92. The third-order valence-electron chi connectivity index (χ3n) is 4.32. The SMILES string of the molecule is C=CC(=O)NCCOC(=O)C(C)Sc1cc(-n2c(=O)cc(C(F)(F)F)n(C)c2=O)c(F)cc1Cl. The molecule has 0 saturated carbocycles. The molecule has 1 atom stereocenters. The smallest absolute Gasteiger partial charge is 0.431 e. The fourth-order valence-corrected chi connectivity index (χ4v) is 3.83. The minimum Gasteiger partial charge on any atom is -0.463 e. The zero-order valence-electron chi connectivity index (χ0n) is 17.7. The highest BCUT2D eigenvalue weighted by molar-refractivity contribution is 8.00. The van der Waals surface area contributed by atoms with Crippen molar-refractivity contribution in [1.82, 2.24) is 14.5 Å². The summed E-state index contributed by atoms with van der Waals surface area (Å²) in [6.45, 7) is 4.61. The van der Waals surface area contributed by atoms with E-state index in [1.165, 1.54) is 6.92 Å². The Bertz CT molecular complexity index is 1240. The number of thioether (sulfide) groups is 1. The summed E-state index contributed by atoms with van der Waals surface area (Å²) in [6.07, 6.45) is -3.93. The van der Waals surface area contributed by atoms with Gasteiger partial charge in [-0.25, -0.2) is 13.8 Å². The molecular weight excluding hydrogens is 506 g/mol. The van der Waals surface area contributed by atoms with E-state index in [1.54, 1.807) is 0 Å². The molecule has 0 bridgehead atoms. The van der Waals surface area contributed by atoms with E-state index in [0.717, 1.165) is 37.0 Å². The molecule has 0 aliphatic carbocycles. The predicted molar refractivity (Wildman–Crippen MR) is 117 cm³/mol. The molecule has 8 nitrogen and oxygen atoms in total. The van der Waals surface area contributed by atoms with Gasteiger partial charge in [0.15, 0.2) is 0 Å².